The average Bonchev–Trinajstić information content (AvgIpc) is 2.92. The molecule has 4 amide bonds. The molecule has 0 radical (unpaired) electrons. The van der Waals surface area contributed by atoms with Crippen molar-refractivity contribution in [1.82, 2.24) is 15.5 Å². The van der Waals surface area contributed by atoms with Crippen molar-refractivity contribution in [3.63, 3.8) is 0 Å². The van der Waals surface area contributed by atoms with Crippen LogP contribution in [0.4, 0.5) is 4.79 Å². The molecule has 0 unspecified atom stereocenters. The Bertz CT molecular complexity index is 693. The molecular formula is C17H21N3O3. The number of carbonyl (C=O) groups is 3. The standard InChI is InChI=1S/C17H21N3O3/c1-16(2,3)18-13(21)10-20-14(22)17(19-15(20)23)9-8-11-6-4-5-7-12(11)17/h4-7H,8-10H2,1-3H3,(H,18,21)(H,19,23)/t17-/m0/s1. The molecule has 2 aliphatic rings. The van der Waals surface area contributed by atoms with E-state index in [1.165, 1.54) is 0 Å². The number of benzene rings is 1. The molecular weight excluding hydrogens is 294 g/mol. The first-order chi connectivity index (χ1) is 10.7. The fourth-order valence-corrected chi connectivity index (χ4v) is 3.33. The Morgan fingerprint density at radius 1 is 1.30 bits per heavy atom. The Kier molecular flexibility index (Phi) is 3.43. The summed E-state index contributed by atoms with van der Waals surface area (Å²) < 4.78 is 0. The van der Waals surface area contributed by atoms with Crippen LogP contribution in [0, 0.1) is 0 Å². The number of hydrogen-bond donors (Lipinski definition) is 2. The average molecular weight is 315 g/mol. The molecule has 23 heavy (non-hydrogen) atoms. The Labute approximate surface area is 135 Å². The molecule has 1 fully saturated rings. The van der Waals surface area contributed by atoms with E-state index in [1.54, 1.807) is 0 Å². The number of nitrogens with one attached hydrogen (secondary N) is 2. The lowest BCUT2D eigenvalue weighted by Crippen LogP contribution is -2.48. The molecule has 122 valence electrons. The van der Waals surface area contributed by atoms with Gasteiger partial charge in [-0.3, -0.25) is 14.5 Å². The summed E-state index contributed by atoms with van der Waals surface area (Å²) in [6.07, 6.45) is 1.28. The van der Waals surface area contributed by atoms with Gasteiger partial charge in [0.2, 0.25) is 5.91 Å². The van der Waals surface area contributed by atoms with Gasteiger partial charge in [-0.1, -0.05) is 24.3 Å². The zero-order chi connectivity index (χ0) is 16.8. The number of rotatable bonds is 2. The molecule has 1 aromatic rings. The SMILES string of the molecule is CC(C)(C)NC(=O)CN1C(=O)N[C@]2(CCc3ccccc32)C1=O. The van der Waals surface area contributed by atoms with Crippen LogP contribution in [-0.2, 0) is 21.5 Å². The van der Waals surface area contributed by atoms with E-state index in [1.807, 2.05) is 45.0 Å². The summed E-state index contributed by atoms with van der Waals surface area (Å²) >= 11 is 0. The van der Waals surface area contributed by atoms with Crippen molar-refractivity contribution < 1.29 is 14.4 Å². The maximum atomic E-state index is 12.9. The van der Waals surface area contributed by atoms with Crippen LogP contribution in [0.15, 0.2) is 24.3 Å². The number of carbonyl (C=O) groups excluding carboxylic acids is 3. The van der Waals surface area contributed by atoms with Gasteiger partial charge < -0.3 is 10.6 Å². The largest absolute Gasteiger partial charge is 0.350 e. The molecule has 6 nitrogen and oxygen atoms in total. The van der Waals surface area contributed by atoms with Crippen molar-refractivity contribution in [2.75, 3.05) is 6.54 Å². The fraction of sp³-hybridized carbons (Fsp3) is 0.471. The van der Waals surface area contributed by atoms with Crippen molar-refractivity contribution in [3.8, 4) is 0 Å². The van der Waals surface area contributed by atoms with Crippen LogP contribution in [0.25, 0.3) is 0 Å². The topological polar surface area (TPSA) is 78.5 Å². The van der Waals surface area contributed by atoms with E-state index in [-0.39, 0.29) is 18.4 Å². The molecule has 0 aromatic heterocycles. The van der Waals surface area contributed by atoms with Crippen molar-refractivity contribution in [1.29, 1.82) is 0 Å². The summed E-state index contributed by atoms with van der Waals surface area (Å²) in [6.45, 7) is 5.30. The summed E-state index contributed by atoms with van der Waals surface area (Å²) in [5, 5.41) is 5.58. The second kappa shape index (κ2) is 5.08. The Morgan fingerprint density at radius 2 is 2.00 bits per heavy atom. The van der Waals surface area contributed by atoms with Gasteiger partial charge in [0.05, 0.1) is 0 Å². The van der Waals surface area contributed by atoms with Crippen molar-refractivity contribution >= 4 is 17.8 Å². The number of nitrogens with zero attached hydrogens (tertiary/aromatic N) is 1. The third kappa shape index (κ3) is 2.58. The lowest BCUT2D eigenvalue weighted by molar-refractivity contribution is -0.135. The van der Waals surface area contributed by atoms with E-state index in [4.69, 9.17) is 0 Å². The van der Waals surface area contributed by atoms with E-state index < -0.39 is 17.1 Å². The van der Waals surface area contributed by atoms with Crippen LogP contribution < -0.4 is 10.6 Å². The summed E-state index contributed by atoms with van der Waals surface area (Å²) in [6, 6.07) is 7.13. The smallest absolute Gasteiger partial charge is 0.325 e. The van der Waals surface area contributed by atoms with Crippen LogP contribution >= 0.6 is 0 Å². The van der Waals surface area contributed by atoms with Crippen LogP contribution in [0.3, 0.4) is 0 Å². The second-order valence-corrected chi connectivity index (χ2v) is 7.18. The van der Waals surface area contributed by atoms with Crippen LogP contribution in [0.2, 0.25) is 0 Å². The van der Waals surface area contributed by atoms with E-state index >= 15 is 0 Å². The van der Waals surface area contributed by atoms with Gasteiger partial charge in [-0.25, -0.2) is 4.79 Å². The predicted octanol–water partition coefficient (Wildman–Crippen LogP) is 1.29. The highest BCUT2D eigenvalue weighted by Crippen LogP contribution is 2.41. The Balaban J connectivity index is 1.83. The van der Waals surface area contributed by atoms with E-state index in [2.05, 4.69) is 10.6 Å². The van der Waals surface area contributed by atoms with Gasteiger partial charge in [-0.2, -0.15) is 0 Å². The first-order valence-corrected chi connectivity index (χ1v) is 7.76. The van der Waals surface area contributed by atoms with Crippen LogP contribution in [0.5, 0.6) is 0 Å². The van der Waals surface area contributed by atoms with Crippen LogP contribution in [-0.4, -0.2) is 34.8 Å². The van der Waals surface area contributed by atoms with Crippen molar-refractivity contribution in [2.45, 2.75) is 44.7 Å². The normalized spacial score (nSPS) is 23.2. The second-order valence-electron chi connectivity index (χ2n) is 7.18. The first-order valence-electron chi connectivity index (χ1n) is 7.76. The lowest BCUT2D eigenvalue weighted by Gasteiger charge is -2.24. The molecule has 1 aromatic carbocycles. The van der Waals surface area contributed by atoms with Gasteiger partial charge in [-0.05, 0) is 44.7 Å². The van der Waals surface area contributed by atoms with Gasteiger partial charge in [-0.15, -0.1) is 0 Å². The zero-order valence-electron chi connectivity index (χ0n) is 13.6. The Morgan fingerprint density at radius 3 is 2.70 bits per heavy atom. The summed E-state index contributed by atoms with van der Waals surface area (Å²) in [7, 11) is 0. The summed E-state index contributed by atoms with van der Waals surface area (Å²) in [5.74, 6) is -0.680. The third-order valence-corrected chi connectivity index (χ3v) is 4.24. The molecule has 3 rings (SSSR count). The molecule has 1 atom stereocenters. The highest BCUT2D eigenvalue weighted by Gasteiger charge is 2.55. The highest BCUT2D eigenvalue weighted by atomic mass is 16.2. The van der Waals surface area contributed by atoms with E-state index in [0.717, 1.165) is 22.4 Å². The maximum absolute atomic E-state index is 12.9. The molecule has 1 saturated heterocycles. The molecule has 0 bridgehead atoms. The summed E-state index contributed by atoms with van der Waals surface area (Å²) in [5.41, 5.74) is 0.503. The fourth-order valence-electron chi connectivity index (χ4n) is 3.33. The number of urea groups is 1. The quantitative estimate of drug-likeness (QED) is 0.807. The zero-order valence-corrected chi connectivity index (χ0v) is 13.6. The number of aryl methyl sites for hydroxylation is 1. The predicted molar refractivity (Wildman–Crippen MR) is 84.6 cm³/mol. The molecule has 2 N–H and O–H groups in total. The minimum atomic E-state index is -1.00. The van der Waals surface area contributed by atoms with E-state index in [0.29, 0.717) is 6.42 Å². The minimum Gasteiger partial charge on any atom is -0.350 e. The first kappa shape index (κ1) is 15.5. The molecule has 1 aliphatic heterocycles. The maximum Gasteiger partial charge on any atom is 0.325 e. The van der Waals surface area contributed by atoms with Gasteiger partial charge in [0.15, 0.2) is 0 Å². The molecule has 1 aliphatic carbocycles. The molecule has 1 spiro atoms. The Hall–Kier alpha value is -2.37. The van der Waals surface area contributed by atoms with Gasteiger partial charge >= 0.3 is 6.03 Å². The number of hydrogen-bond acceptors (Lipinski definition) is 3. The molecule has 1 heterocycles. The van der Waals surface area contributed by atoms with Crippen molar-refractivity contribution in [2.24, 2.45) is 0 Å². The van der Waals surface area contributed by atoms with E-state index in [9.17, 15) is 14.4 Å². The third-order valence-electron chi connectivity index (χ3n) is 4.24. The molecule has 6 heteroatoms. The number of fused-ring (bicyclic) bond motifs is 2. The van der Waals surface area contributed by atoms with Gasteiger partial charge in [0, 0.05) is 5.54 Å². The summed E-state index contributed by atoms with van der Waals surface area (Å²) in [4.78, 5) is 38.2. The monoisotopic (exact) mass is 315 g/mol. The van der Waals surface area contributed by atoms with Gasteiger partial charge in [0.25, 0.3) is 5.91 Å². The van der Waals surface area contributed by atoms with Crippen LogP contribution in [0.1, 0.15) is 38.3 Å². The highest BCUT2D eigenvalue weighted by molar-refractivity contribution is 6.09. The number of imide groups is 1. The lowest BCUT2D eigenvalue weighted by atomic mass is 9.92. The number of amides is 4. The minimum absolute atomic E-state index is 0.258. The van der Waals surface area contributed by atoms with Crippen molar-refractivity contribution in [3.05, 3.63) is 35.4 Å². The molecule has 0 saturated carbocycles. The van der Waals surface area contributed by atoms with Gasteiger partial charge in [0.1, 0.15) is 12.1 Å².